The molecule has 0 aliphatic carbocycles. The van der Waals surface area contributed by atoms with Crippen molar-refractivity contribution in [2.45, 2.75) is 283 Å². The van der Waals surface area contributed by atoms with Crippen LogP contribution in [0.4, 0.5) is 0 Å². The molecule has 0 aliphatic heterocycles. The Kier molecular flexibility index (Phi) is 63.4. The van der Waals surface area contributed by atoms with Gasteiger partial charge in [-0.2, -0.15) is 0 Å². The molecule has 2 unspecified atom stereocenters. The highest BCUT2D eigenvalue weighted by molar-refractivity contribution is 5.70. The quantitative estimate of drug-likeness (QED) is 0.0195. The molecule has 0 bridgehead atoms. The largest absolute Gasteiger partial charge is 0.545 e. The monoisotopic (exact) mass is 1210 g/mol. The summed E-state index contributed by atoms with van der Waals surface area (Å²) < 4.78 is 22.8. The predicted octanol–water partition coefficient (Wildman–Crippen LogP) is 20.6. The number of carboxylic acid groups (broad SMARTS) is 1. The van der Waals surface area contributed by atoms with E-state index in [2.05, 4.69) is 160 Å². The maximum absolute atomic E-state index is 12.9. The van der Waals surface area contributed by atoms with Gasteiger partial charge < -0.3 is 33.3 Å². The summed E-state index contributed by atoms with van der Waals surface area (Å²) in [7, 11) is 5.92. The molecule has 0 aromatic rings. The Balaban J connectivity index is 4.19. The van der Waals surface area contributed by atoms with E-state index >= 15 is 0 Å². The highest BCUT2D eigenvalue weighted by Gasteiger charge is 2.22. The van der Waals surface area contributed by atoms with Crippen LogP contribution in [0, 0.1) is 0 Å². The molecule has 2 atom stereocenters. The van der Waals surface area contributed by atoms with E-state index in [-0.39, 0.29) is 38.6 Å². The van der Waals surface area contributed by atoms with Crippen molar-refractivity contribution < 1.29 is 42.9 Å². The number of aliphatic carboxylic acids is 1. The van der Waals surface area contributed by atoms with Gasteiger partial charge in [0.1, 0.15) is 13.2 Å². The molecule has 0 spiro atoms. The minimum Gasteiger partial charge on any atom is -0.545 e. The van der Waals surface area contributed by atoms with Gasteiger partial charge in [0.15, 0.2) is 12.4 Å². The lowest BCUT2D eigenvalue weighted by molar-refractivity contribution is -0.870. The number of carboxylic acids is 1. The number of hydrogen-bond donors (Lipinski definition) is 0. The smallest absolute Gasteiger partial charge is 0.306 e. The third-order valence-electron chi connectivity index (χ3n) is 14.6. The summed E-state index contributed by atoms with van der Waals surface area (Å²) in [6.45, 7) is 4.61. The van der Waals surface area contributed by atoms with E-state index in [4.69, 9.17) is 18.9 Å². The number of allylic oxidation sites excluding steroid dienone is 24. The topological polar surface area (TPSA) is 111 Å². The highest BCUT2D eigenvalue weighted by atomic mass is 16.7. The Hall–Kier alpha value is -4.83. The number of hydrogen-bond acceptors (Lipinski definition) is 8. The van der Waals surface area contributed by atoms with Crippen LogP contribution < -0.4 is 5.11 Å². The molecule has 0 saturated heterocycles. The van der Waals surface area contributed by atoms with Crippen molar-refractivity contribution in [3.63, 3.8) is 0 Å². The molecule has 0 aromatic carbocycles. The SMILES string of the molecule is CC/C=C\C/C=C\C/C=C\C/C=C\C/C=C\C/C=C\C/C=C\C/C=C\C/C=C\C/C=C\CCCCCCCCCCC(=O)OC(COC(=O)CCCCCCCCCCCCC/C=C\C/C=C\CCCCCCC)COC(OCC[N+](C)(C)C)C(=O)[O-]. The Morgan fingerprint density at radius 1 is 0.356 bits per heavy atom. The van der Waals surface area contributed by atoms with E-state index in [0.29, 0.717) is 17.4 Å². The van der Waals surface area contributed by atoms with Gasteiger partial charge in [0, 0.05) is 12.8 Å². The van der Waals surface area contributed by atoms with Crippen molar-refractivity contribution in [3.05, 3.63) is 146 Å². The van der Waals surface area contributed by atoms with Crippen LogP contribution in [0.1, 0.15) is 271 Å². The maximum Gasteiger partial charge on any atom is 0.306 e. The average Bonchev–Trinajstić information content (AvgIpc) is 3.55. The second-order valence-corrected chi connectivity index (χ2v) is 24.1. The van der Waals surface area contributed by atoms with Crippen LogP contribution in [-0.4, -0.2) is 82.3 Å². The zero-order chi connectivity index (χ0) is 63.3. The fourth-order valence-electron chi connectivity index (χ4n) is 9.24. The lowest BCUT2D eigenvalue weighted by Crippen LogP contribution is -2.44. The van der Waals surface area contributed by atoms with Crippen LogP contribution in [0.3, 0.4) is 0 Å². The van der Waals surface area contributed by atoms with Crippen molar-refractivity contribution in [1.82, 2.24) is 0 Å². The first-order chi connectivity index (χ1) is 42.6. The lowest BCUT2D eigenvalue weighted by atomic mass is 10.0. The summed E-state index contributed by atoms with van der Waals surface area (Å²) in [4.78, 5) is 37.5. The molecule has 0 saturated carbocycles. The first-order valence-electron chi connectivity index (χ1n) is 35.0. The highest BCUT2D eigenvalue weighted by Crippen LogP contribution is 2.16. The standard InChI is InChI=1S/C78H129NO8/c1-6-8-10-12-14-16-18-20-22-24-26-28-30-31-32-33-34-35-36-37-38-39-40-41-42-43-44-45-47-49-51-53-55-57-59-61-63-65-67-69-76(81)87-74(73-86-78(77(82)83)84-71-70-79(3,4)5)72-85-75(80)68-66-64-62-60-58-56-54-52-50-48-46-29-27-25-23-21-19-17-15-13-11-9-7-2/h8,10,14,16,19-22,25-28,31-32,34-35,37-38,40-41,43-44,47,49,74,78H,6-7,9,11-13,15,17-18,23-24,29-30,33,36,39,42,45-46,48,50-73H2,1-5H3/b10-8-,16-14-,21-19-,22-20-,27-25-,28-26-,32-31-,35-34-,38-37-,41-40-,44-43-,49-47-. The molecule has 0 rings (SSSR count). The summed E-state index contributed by atoms with van der Waals surface area (Å²) in [5, 5.41) is 11.8. The molecular weight excluding hydrogens is 1080 g/mol. The predicted molar refractivity (Wildman–Crippen MR) is 370 cm³/mol. The molecule has 0 radical (unpaired) electrons. The van der Waals surface area contributed by atoms with E-state index in [1.165, 1.54) is 122 Å². The summed E-state index contributed by atoms with van der Waals surface area (Å²) in [6.07, 6.45) is 94.9. The number of quaternary nitrogens is 1. The van der Waals surface area contributed by atoms with Crippen LogP contribution in [-0.2, 0) is 33.3 Å². The van der Waals surface area contributed by atoms with Crippen LogP contribution in [0.5, 0.6) is 0 Å². The van der Waals surface area contributed by atoms with Gasteiger partial charge in [0.05, 0.1) is 40.3 Å². The van der Waals surface area contributed by atoms with Crippen molar-refractivity contribution in [3.8, 4) is 0 Å². The van der Waals surface area contributed by atoms with Crippen LogP contribution in [0.2, 0.25) is 0 Å². The molecule has 87 heavy (non-hydrogen) atoms. The zero-order valence-corrected chi connectivity index (χ0v) is 56.3. The number of nitrogens with zero attached hydrogens (tertiary/aromatic N) is 1. The molecule has 0 fully saturated rings. The normalized spacial score (nSPS) is 13.6. The first kappa shape index (κ1) is 82.2. The Bertz CT molecular complexity index is 1940. The van der Waals surface area contributed by atoms with Gasteiger partial charge in [-0.25, -0.2) is 0 Å². The van der Waals surface area contributed by atoms with E-state index in [1.807, 2.05) is 21.1 Å². The van der Waals surface area contributed by atoms with Gasteiger partial charge in [-0.3, -0.25) is 9.59 Å². The Morgan fingerprint density at radius 3 is 0.977 bits per heavy atom. The minimum absolute atomic E-state index is 0.139. The number of ether oxygens (including phenoxy) is 4. The van der Waals surface area contributed by atoms with Crippen LogP contribution >= 0.6 is 0 Å². The second kappa shape index (κ2) is 67.1. The molecule has 0 aromatic heterocycles. The maximum atomic E-state index is 12.9. The molecule has 494 valence electrons. The van der Waals surface area contributed by atoms with Crippen LogP contribution in [0.25, 0.3) is 0 Å². The van der Waals surface area contributed by atoms with E-state index in [9.17, 15) is 19.5 Å². The third-order valence-corrected chi connectivity index (χ3v) is 14.6. The van der Waals surface area contributed by atoms with Gasteiger partial charge in [-0.05, 0) is 122 Å². The van der Waals surface area contributed by atoms with E-state index in [1.54, 1.807) is 0 Å². The molecule has 0 aliphatic rings. The van der Waals surface area contributed by atoms with Gasteiger partial charge in [0.25, 0.3) is 0 Å². The van der Waals surface area contributed by atoms with Gasteiger partial charge in [-0.1, -0.05) is 282 Å². The number of likely N-dealkylation sites (N-methyl/N-ethyl adjacent to an activating group) is 1. The number of esters is 2. The van der Waals surface area contributed by atoms with Crippen molar-refractivity contribution in [2.75, 3.05) is 47.5 Å². The molecule has 9 heteroatoms. The molecule has 0 heterocycles. The summed E-state index contributed by atoms with van der Waals surface area (Å²) >= 11 is 0. The minimum atomic E-state index is -1.63. The van der Waals surface area contributed by atoms with Gasteiger partial charge in [-0.15, -0.1) is 0 Å². The molecule has 9 nitrogen and oxygen atoms in total. The van der Waals surface area contributed by atoms with Crippen molar-refractivity contribution in [2.24, 2.45) is 0 Å². The van der Waals surface area contributed by atoms with Crippen LogP contribution in [0.15, 0.2) is 146 Å². The van der Waals surface area contributed by atoms with E-state index < -0.39 is 24.3 Å². The molecule has 0 amide bonds. The lowest BCUT2D eigenvalue weighted by Gasteiger charge is -2.26. The average molecular weight is 1210 g/mol. The third kappa shape index (κ3) is 68.5. The zero-order valence-electron chi connectivity index (χ0n) is 56.3. The van der Waals surface area contributed by atoms with Gasteiger partial charge >= 0.3 is 11.9 Å². The Morgan fingerprint density at radius 2 is 0.655 bits per heavy atom. The van der Waals surface area contributed by atoms with Crippen molar-refractivity contribution >= 4 is 17.9 Å². The summed E-state index contributed by atoms with van der Waals surface area (Å²) in [5.41, 5.74) is 0. The van der Waals surface area contributed by atoms with E-state index in [0.717, 1.165) is 116 Å². The number of rotatable bonds is 63. The first-order valence-corrected chi connectivity index (χ1v) is 35.0. The number of carbonyl (C=O) groups excluding carboxylic acids is 3. The number of carbonyl (C=O) groups is 3. The Labute approximate surface area is 534 Å². The van der Waals surface area contributed by atoms with Crippen molar-refractivity contribution in [1.29, 1.82) is 0 Å². The molecular formula is C78H129NO8. The summed E-state index contributed by atoms with van der Waals surface area (Å²) in [6, 6.07) is 0. The molecule has 0 N–H and O–H groups in total. The number of unbranched alkanes of at least 4 members (excludes halogenated alkanes) is 24. The second-order valence-electron chi connectivity index (χ2n) is 24.1. The van der Waals surface area contributed by atoms with Gasteiger partial charge in [0.2, 0.25) is 0 Å². The fourth-order valence-corrected chi connectivity index (χ4v) is 9.24. The summed E-state index contributed by atoms with van der Waals surface area (Å²) in [5.74, 6) is -2.30. The fraction of sp³-hybridized carbons (Fsp3) is 0.654.